The van der Waals surface area contributed by atoms with Gasteiger partial charge in [-0.05, 0) is 48.5 Å². The fourth-order valence-electron chi connectivity index (χ4n) is 2.31. The minimum atomic E-state index is -0.900. The van der Waals surface area contributed by atoms with E-state index in [1.54, 1.807) is 0 Å². The molecular formula is C19H11ClF2N2O4. The lowest BCUT2D eigenvalue weighted by Crippen LogP contribution is -2.13. The van der Waals surface area contributed by atoms with Crippen LogP contribution in [0.4, 0.5) is 20.2 Å². The number of nitrogens with one attached hydrogen (secondary N) is 1. The fourth-order valence-corrected chi connectivity index (χ4v) is 2.47. The molecule has 0 unspecified atom stereocenters. The Morgan fingerprint density at radius 3 is 2.39 bits per heavy atom. The summed E-state index contributed by atoms with van der Waals surface area (Å²) >= 11 is 5.75. The van der Waals surface area contributed by atoms with Gasteiger partial charge in [0.15, 0.2) is 0 Å². The molecule has 0 aliphatic heterocycles. The van der Waals surface area contributed by atoms with Gasteiger partial charge in [0.25, 0.3) is 5.91 Å². The third-order valence-corrected chi connectivity index (χ3v) is 3.88. The minimum absolute atomic E-state index is 0.0139. The highest BCUT2D eigenvalue weighted by Crippen LogP contribution is 2.33. The lowest BCUT2D eigenvalue weighted by atomic mass is 10.2. The monoisotopic (exact) mass is 404 g/mol. The number of nitrogens with zero attached hydrogens (tertiary/aromatic N) is 1. The number of benzene rings is 3. The summed E-state index contributed by atoms with van der Waals surface area (Å²) in [5.74, 6) is -2.04. The fraction of sp³-hybridized carbons (Fsp3) is 0. The second kappa shape index (κ2) is 8.01. The Morgan fingerprint density at radius 1 is 1.04 bits per heavy atom. The van der Waals surface area contributed by atoms with Crippen LogP contribution in [-0.4, -0.2) is 10.8 Å². The third-order valence-electron chi connectivity index (χ3n) is 3.64. The normalized spacial score (nSPS) is 10.4. The van der Waals surface area contributed by atoms with Crippen molar-refractivity contribution in [3.05, 3.63) is 93.0 Å². The number of hydrogen-bond donors (Lipinski definition) is 1. The molecule has 0 spiro atoms. The zero-order valence-corrected chi connectivity index (χ0v) is 14.7. The predicted octanol–water partition coefficient (Wildman–Crippen LogP) is 5.57. The Kier molecular flexibility index (Phi) is 5.51. The van der Waals surface area contributed by atoms with Crippen LogP contribution in [0.5, 0.6) is 11.5 Å². The summed E-state index contributed by atoms with van der Waals surface area (Å²) in [5.41, 5.74) is -0.286. The van der Waals surface area contributed by atoms with Gasteiger partial charge in [-0.1, -0.05) is 11.6 Å². The molecule has 0 aromatic heterocycles. The summed E-state index contributed by atoms with van der Waals surface area (Å²) in [4.78, 5) is 22.7. The van der Waals surface area contributed by atoms with E-state index in [1.807, 2.05) is 0 Å². The number of ether oxygens (including phenoxy) is 1. The molecule has 0 fully saturated rings. The molecule has 142 valence electrons. The van der Waals surface area contributed by atoms with E-state index in [-0.39, 0.29) is 33.5 Å². The molecule has 0 aliphatic rings. The summed E-state index contributed by atoms with van der Waals surface area (Å²) in [6.45, 7) is 0. The first kappa shape index (κ1) is 19.2. The van der Waals surface area contributed by atoms with Crippen molar-refractivity contribution in [3.8, 4) is 11.5 Å². The summed E-state index contributed by atoms with van der Waals surface area (Å²) in [6.07, 6.45) is 0. The zero-order valence-electron chi connectivity index (χ0n) is 14.0. The van der Waals surface area contributed by atoms with Crippen LogP contribution in [0, 0.1) is 21.7 Å². The van der Waals surface area contributed by atoms with Gasteiger partial charge in [0.2, 0.25) is 5.75 Å². The standard InChI is InChI=1S/C19H11ClF2N2O4/c20-12-3-8-18(17(9-12)24(26)27)28-14-5-1-11(2-6-14)19(25)23-16-7-4-13(21)10-15(16)22/h1-10H,(H,23,25). The van der Waals surface area contributed by atoms with Crippen molar-refractivity contribution in [2.75, 3.05) is 5.32 Å². The topological polar surface area (TPSA) is 81.5 Å². The first-order chi connectivity index (χ1) is 13.3. The molecular weight excluding hydrogens is 394 g/mol. The number of rotatable bonds is 5. The molecule has 0 saturated carbocycles. The maximum atomic E-state index is 13.6. The third kappa shape index (κ3) is 4.41. The van der Waals surface area contributed by atoms with Crippen LogP contribution < -0.4 is 10.1 Å². The molecule has 0 radical (unpaired) electrons. The van der Waals surface area contributed by atoms with Gasteiger partial charge in [0.1, 0.15) is 17.4 Å². The molecule has 0 bridgehead atoms. The lowest BCUT2D eigenvalue weighted by Gasteiger charge is -2.09. The number of nitro benzene ring substituents is 1. The highest BCUT2D eigenvalue weighted by atomic mass is 35.5. The second-order valence-electron chi connectivity index (χ2n) is 5.57. The summed E-state index contributed by atoms with van der Waals surface area (Å²) in [7, 11) is 0. The molecule has 1 N–H and O–H groups in total. The molecule has 0 saturated heterocycles. The maximum absolute atomic E-state index is 13.6. The van der Waals surface area contributed by atoms with Crippen LogP contribution in [0.2, 0.25) is 5.02 Å². The van der Waals surface area contributed by atoms with Crippen molar-refractivity contribution in [2.24, 2.45) is 0 Å². The van der Waals surface area contributed by atoms with Crippen LogP contribution in [0.15, 0.2) is 60.7 Å². The van der Waals surface area contributed by atoms with Crippen molar-refractivity contribution in [2.45, 2.75) is 0 Å². The van der Waals surface area contributed by atoms with Gasteiger partial charge in [-0.25, -0.2) is 8.78 Å². The van der Waals surface area contributed by atoms with Crippen molar-refractivity contribution in [1.29, 1.82) is 0 Å². The molecule has 0 heterocycles. The molecule has 3 aromatic carbocycles. The molecule has 28 heavy (non-hydrogen) atoms. The molecule has 0 atom stereocenters. The van der Waals surface area contributed by atoms with Crippen molar-refractivity contribution < 1.29 is 23.2 Å². The van der Waals surface area contributed by atoms with Crippen molar-refractivity contribution in [1.82, 2.24) is 0 Å². The number of hydrogen-bond acceptors (Lipinski definition) is 4. The van der Waals surface area contributed by atoms with Crippen LogP contribution in [0.3, 0.4) is 0 Å². The largest absolute Gasteiger partial charge is 0.450 e. The van der Waals surface area contributed by atoms with E-state index in [1.165, 1.54) is 36.4 Å². The van der Waals surface area contributed by atoms with E-state index in [4.69, 9.17) is 16.3 Å². The van der Waals surface area contributed by atoms with Gasteiger partial charge in [-0.15, -0.1) is 0 Å². The molecule has 3 rings (SSSR count). The van der Waals surface area contributed by atoms with Crippen molar-refractivity contribution in [3.63, 3.8) is 0 Å². The molecule has 9 heteroatoms. The number of anilines is 1. The highest BCUT2D eigenvalue weighted by Gasteiger charge is 2.17. The van der Waals surface area contributed by atoms with Crippen molar-refractivity contribution >= 4 is 28.9 Å². The van der Waals surface area contributed by atoms with Gasteiger partial charge in [-0.2, -0.15) is 0 Å². The Labute approximate surface area is 162 Å². The van der Waals surface area contributed by atoms with E-state index in [9.17, 15) is 23.7 Å². The van der Waals surface area contributed by atoms with E-state index in [0.29, 0.717) is 6.07 Å². The SMILES string of the molecule is O=C(Nc1ccc(F)cc1F)c1ccc(Oc2ccc(Cl)cc2[N+](=O)[O-])cc1. The average molecular weight is 405 g/mol. The van der Waals surface area contributed by atoms with Crippen LogP contribution in [0.25, 0.3) is 0 Å². The summed E-state index contributed by atoms with van der Waals surface area (Å²) in [6, 6.07) is 12.4. The molecule has 3 aromatic rings. The highest BCUT2D eigenvalue weighted by molar-refractivity contribution is 6.30. The summed E-state index contributed by atoms with van der Waals surface area (Å²) in [5, 5.41) is 13.6. The Morgan fingerprint density at radius 2 is 1.75 bits per heavy atom. The van der Waals surface area contributed by atoms with E-state index >= 15 is 0 Å². The second-order valence-corrected chi connectivity index (χ2v) is 6.01. The van der Waals surface area contributed by atoms with Gasteiger partial charge in [0, 0.05) is 22.7 Å². The van der Waals surface area contributed by atoms with E-state index in [2.05, 4.69) is 5.32 Å². The van der Waals surface area contributed by atoms with E-state index in [0.717, 1.165) is 18.2 Å². The minimum Gasteiger partial charge on any atom is -0.450 e. The van der Waals surface area contributed by atoms with Crippen LogP contribution >= 0.6 is 11.6 Å². The number of amides is 1. The number of carbonyl (C=O) groups excluding carboxylic acids is 1. The smallest absolute Gasteiger partial charge is 0.313 e. The Hall–Kier alpha value is -3.52. The Balaban J connectivity index is 1.75. The summed E-state index contributed by atoms with van der Waals surface area (Å²) < 4.78 is 32.0. The number of carbonyl (C=O) groups is 1. The Bertz CT molecular complexity index is 1060. The van der Waals surface area contributed by atoms with E-state index < -0.39 is 22.5 Å². The number of nitro groups is 1. The zero-order chi connectivity index (χ0) is 20.3. The molecule has 1 amide bonds. The van der Waals surface area contributed by atoms with Gasteiger partial charge in [0.05, 0.1) is 10.6 Å². The quantitative estimate of drug-likeness (QED) is 0.445. The van der Waals surface area contributed by atoms with Crippen LogP contribution in [0.1, 0.15) is 10.4 Å². The predicted molar refractivity (Wildman–Crippen MR) is 98.9 cm³/mol. The average Bonchev–Trinajstić information content (AvgIpc) is 2.66. The molecule has 0 aliphatic carbocycles. The maximum Gasteiger partial charge on any atom is 0.313 e. The van der Waals surface area contributed by atoms with Gasteiger partial charge >= 0.3 is 5.69 Å². The first-order valence-corrected chi connectivity index (χ1v) is 8.19. The molecule has 6 nitrogen and oxygen atoms in total. The van der Waals surface area contributed by atoms with Gasteiger partial charge < -0.3 is 10.1 Å². The number of halogens is 3. The first-order valence-electron chi connectivity index (χ1n) is 7.82. The van der Waals surface area contributed by atoms with Gasteiger partial charge in [-0.3, -0.25) is 14.9 Å². The van der Waals surface area contributed by atoms with Crippen LogP contribution in [-0.2, 0) is 0 Å². The lowest BCUT2D eigenvalue weighted by molar-refractivity contribution is -0.385.